The first-order chi connectivity index (χ1) is 6.83. The van der Waals surface area contributed by atoms with Crippen LogP contribution in [0.15, 0.2) is 0 Å². The lowest BCUT2D eigenvalue weighted by Gasteiger charge is -2.13. The summed E-state index contributed by atoms with van der Waals surface area (Å²) in [4.78, 5) is 16.0. The highest BCUT2D eigenvalue weighted by Gasteiger charge is 2.16. The van der Waals surface area contributed by atoms with E-state index in [1.54, 1.807) is 5.06 Å². The van der Waals surface area contributed by atoms with Crippen molar-refractivity contribution in [3.63, 3.8) is 0 Å². The van der Waals surface area contributed by atoms with Gasteiger partial charge in [-0.05, 0) is 19.3 Å². The minimum atomic E-state index is -0.553. The molecule has 0 amide bonds. The number of carbonyl (C=O) groups is 1. The van der Waals surface area contributed by atoms with Gasteiger partial charge in [-0.25, -0.2) is 4.79 Å². The second kappa shape index (κ2) is 6.65. The molecule has 0 atom stereocenters. The zero-order valence-electron chi connectivity index (χ0n) is 8.83. The summed E-state index contributed by atoms with van der Waals surface area (Å²) < 4.78 is 4.90. The van der Waals surface area contributed by atoms with Crippen LogP contribution in [0.4, 0.5) is 4.79 Å². The maximum Gasteiger partial charge on any atom is 0.527 e. The molecule has 14 heavy (non-hydrogen) atoms. The van der Waals surface area contributed by atoms with Crippen LogP contribution in [0, 0.1) is 0 Å². The van der Waals surface area contributed by atoms with Gasteiger partial charge < -0.3 is 9.57 Å². The molecular weight excluding hydrogens is 182 g/mol. The monoisotopic (exact) mass is 201 g/mol. The van der Waals surface area contributed by atoms with Crippen molar-refractivity contribution in [2.75, 3.05) is 19.7 Å². The number of carbonyl (C=O) groups excluding carboxylic acids is 1. The van der Waals surface area contributed by atoms with Gasteiger partial charge in [-0.1, -0.05) is 19.8 Å². The smallest absolute Gasteiger partial charge is 0.433 e. The van der Waals surface area contributed by atoms with Crippen molar-refractivity contribution in [3.05, 3.63) is 0 Å². The highest BCUT2D eigenvalue weighted by atomic mass is 16.8. The molecule has 1 aliphatic heterocycles. The molecule has 0 bridgehead atoms. The molecule has 0 unspecified atom stereocenters. The minimum Gasteiger partial charge on any atom is -0.433 e. The molecule has 1 rings (SSSR count). The number of nitrogens with zero attached hydrogens (tertiary/aromatic N) is 1. The SMILES string of the molecule is CCCCCOC(=O)ON1CCCC1. The highest BCUT2D eigenvalue weighted by molar-refractivity contribution is 5.59. The summed E-state index contributed by atoms with van der Waals surface area (Å²) in [5.41, 5.74) is 0. The predicted molar refractivity (Wildman–Crippen MR) is 52.8 cm³/mol. The van der Waals surface area contributed by atoms with E-state index in [1.807, 2.05) is 0 Å². The molecule has 0 aromatic rings. The summed E-state index contributed by atoms with van der Waals surface area (Å²) in [5.74, 6) is 0. The molecule has 1 aliphatic rings. The summed E-state index contributed by atoms with van der Waals surface area (Å²) in [7, 11) is 0. The molecule has 0 aliphatic carbocycles. The third kappa shape index (κ3) is 4.46. The summed E-state index contributed by atoms with van der Waals surface area (Å²) >= 11 is 0. The van der Waals surface area contributed by atoms with Gasteiger partial charge in [0.15, 0.2) is 0 Å². The van der Waals surface area contributed by atoms with Gasteiger partial charge in [0, 0.05) is 13.1 Å². The molecular formula is C10H19NO3. The van der Waals surface area contributed by atoms with Gasteiger partial charge in [-0.2, -0.15) is 0 Å². The third-order valence-corrected chi connectivity index (χ3v) is 2.24. The Bertz CT molecular complexity index is 167. The molecule has 0 spiro atoms. The molecule has 4 nitrogen and oxygen atoms in total. The van der Waals surface area contributed by atoms with Gasteiger partial charge in [0.05, 0.1) is 6.61 Å². The van der Waals surface area contributed by atoms with E-state index in [4.69, 9.17) is 9.57 Å². The molecule has 0 aromatic carbocycles. The van der Waals surface area contributed by atoms with Crippen LogP contribution in [0.1, 0.15) is 39.0 Å². The molecule has 4 heteroatoms. The van der Waals surface area contributed by atoms with E-state index < -0.39 is 6.16 Å². The van der Waals surface area contributed by atoms with E-state index in [9.17, 15) is 4.79 Å². The topological polar surface area (TPSA) is 38.8 Å². The van der Waals surface area contributed by atoms with Crippen molar-refractivity contribution >= 4 is 6.16 Å². The highest BCUT2D eigenvalue weighted by Crippen LogP contribution is 2.08. The summed E-state index contributed by atoms with van der Waals surface area (Å²) in [6, 6.07) is 0. The van der Waals surface area contributed by atoms with Crippen LogP contribution in [0.2, 0.25) is 0 Å². The van der Waals surface area contributed by atoms with Gasteiger partial charge in [0.25, 0.3) is 0 Å². The number of unbranched alkanes of at least 4 members (excludes halogenated alkanes) is 2. The van der Waals surface area contributed by atoms with Crippen LogP contribution in [0.3, 0.4) is 0 Å². The van der Waals surface area contributed by atoms with Crippen molar-refractivity contribution in [2.24, 2.45) is 0 Å². The van der Waals surface area contributed by atoms with Gasteiger partial charge in [0.1, 0.15) is 0 Å². The van der Waals surface area contributed by atoms with Crippen LogP contribution < -0.4 is 0 Å². The van der Waals surface area contributed by atoms with Crippen molar-refractivity contribution in [3.8, 4) is 0 Å². The van der Waals surface area contributed by atoms with E-state index >= 15 is 0 Å². The van der Waals surface area contributed by atoms with E-state index in [0.29, 0.717) is 6.61 Å². The molecule has 1 saturated heterocycles. The van der Waals surface area contributed by atoms with Crippen LogP contribution in [0.5, 0.6) is 0 Å². The summed E-state index contributed by atoms with van der Waals surface area (Å²) in [6.07, 6.45) is 4.79. The zero-order valence-corrected chi connectivity index (χ0v) is 8.83. The van der Waals surface area contributed by atoms with Crippen LogP contribution >= 0.6 is 0 Å². The van der Waals surface area contributed by atoms with Gasteiger partial charge >= 0.3 is 6.16 Å². The summed E-state index contributed by atoms with van der Waals surface area (Å²) in [5, 5.41) is 1.67. The number of rotatable bonds is 5. The predicted octanol–water partition coefficient (Wildman–Crippen LogP) is 2.34. The van der Waals surface area contributed by atoms with Crippen molar-refractivity contribution in [2.45, 2.75) is 39.0 Å². The maximum atomic E-state index is 11.1. The molecule has 82 valence electrons. The number of hydrogen-bond donors (Lipinski definition) is 0. The fraction of sp³-hybridized carbons (Fsp3) is 0.900. The number of hydroxylamine groups is 2. The summed E-state index contributed by atoms with van der Waals surface area (Å²) in [6.45, 7) is 4.26. The Morgan fingerprint density at radius 3 is 2.64 bits per heavy atom. The van der Waals surface area contributed by atoms with Crippen molar-refractivity contribution in [1.29, 1.82) is 0 Å². The molecule has 0 saturated carbocycles. The van der Waals surface area contributed by atoms with E-state index in [-0.39, 0.29) is 0 Å². The lowest BCUT2D eigenvalue weighted by atomic mass is 10.3. The average molecular weight is 201 g/mol. The van der Waals surface area contributed by atoms with Crippen LogP contribution in [-0.4, -0.2) is 30.9 Å². The molecule has 0 N–H and O–H groups in total. The van der Waals surface area contributed by atoms with Gasteiger partial charge in [-0.15, -0.1) is 5.06 Å². The average Bonchev–Trinajstić information content (AvgIpc) is 2.65. The third-order valence-electron chi connectivity index (χ3n) is 2.24. The first-order valence-corrected chi connectivity index (χ1v) is 5.42. The Morgan fingerprint density at radius 2 is 2.00 bits per heavy atom. The lowest BCUT2D eigenvalue weighted by molar-refractivity contribution is -0.112. The Balaban J connectivity index is 1.98. The van der Waals surface area contributed by atoms with Crippen LogP contribution in [-0.2, 0) is 9.57 Å². The molecule has 1 fully saturated rings. The number of ether oxygens (including phenoxy) is 1. The quantitative estimate of drug-likeness (QED) is 0.505. The molecule has 0 aromatic heterocycles. The Hall–Kier alpha value is -0.770. The number of hydrogen-bond acceptors (Lipinski definition) is 4. The normalized spacial score (nSPS) is 16.9. The Kier molecular flexibility index (Phi) is 5.37. The van der Waals surface area contributed by atoms with Crippen molar-refractivity contribution < 1.29 is 14.4 Å². The second-order valence-electron chi connectivity index (χ2n) is 3.53. The molecule has 0 radical (unpaired) electrons. The first-order valence-electron chi connectivity index (χ1n) is 5.42. The van der Waals surface area contributed by atoms with E-state index in [2.05, 4.69) is 6.92 Å². The first kappa shape index (κ1) is 11.3. The van der Waals surface area contributed by atoms with E-state index in [0.717, 1.165) is 45.2 Å². The second-order valence-corrected chi connectivity index (χ2v) is 3.53. The largest absolute Gasteiger partial charge is 0.527 e. The standard InChI is InChI=1S/C10H19NO3/c1-2-3-6-9-13-10(12)14-11-7-4-5-8-11/h2-9H2,1H3. The van der Waals surface area contributed by atoms with Crippen LogP contribution in [0.25, 0.3) is 0 Å². The zero-order chi connectivity index (χ0) is 10.2. The fourth-order valence-corrected chi connectivity index (χ4v) is 1.42. The Morgan fingerprint density at radius 1 is 1.29 bits per heavy atom. The van der Waals surface area contributed by atoms with Gasteiger partial charge in [-0.3, -0.25) is 0 Å². The Labute approximate surface area is 85.1 Å². The fourth-order valence-electron chi connectivity index (χ4n) is 1.42. The lowest BCUT2D eigenvalue weighted by Crippen LogP contribution is -2.24. The maximum absolute atomic E-state index is 11.1. The minimum absolute atomic E-state index is 0.473. The molecule has 1 heterocycles. The van der Waals surface area contributed by atoms with Crippen molar-refractivity contribution in [1.82, 2.24) is 5.06 Å². The van der Waals surface area contributed by atoms with E-state index in [1.165, 1.54) is 0 Å². The van der Waals surface area contributed by atoms with Gasteiger partial charge in [0.2, 0.25) is 0 Å².